The lowest BCUT2D eigenvalue weighted by Gasteiger charge is -2.18. The first-order valence-corrected chi connectivity index (χ1v) is 6.28. The van der Waals surface area contributed by atoms with E-state index in [1.165, 1.54) is 12.1 Å². The number of hydrogen-bond donors (Lipinski definition) is 3. The Morgan fingerprint density at radius 1 is 1.50 bits per heavy atom. The van der Waals surface area contributed by atoms with Crippen molar-refractivity contribution < 1.29 is 19.4 Å². The van der Waals surface area contributed by atoms with Gasteiger partial charge >= 0.3 is 5.97 Å². The summed E-state index contributed by atoms with van der Waals surface area (Å²) in [4.78, 5) is 10.8. The molecule has 1 rings (SSSR count). The van der Waals surface area contributed by atoms with Gasteiger partial charge in [-0.15, -0.1) is 0 Å². The molecule has 0 aliphatic carbocycles. The molecule has 0 fully saturated rings. The number of rotatable bonds is 5. The molecule has 1 aromatic carbocycles. The molecule has 4 nitrogen and oxygen atoms in total. The van der Waals surface area contributed by atoms with E-state index < -0.39 is 17.9 Å². The fourth-order valence-electron chi connectivity index (χ4n) is 1.66. The van der Waals surface area contributed by atoms with Crippen LogP contribution in [-0.2, 0) is 0 Å². The Bertz CT molecular complexity index is 451. The van der Waals surface area contributed by atoms with Crippen molar-refractivity contribution in [2.24, 2.45) is 0 Å². The summed E-state index contributed by atoms with van der Waals surface area (Å²) in [6, 6.07) is 2.58. The smallest absolute Gasteiger partial charge is 0.336 e. The molecule has 1 aromatic rings. The van der Waals surface area contributed by atoms with E-state index in [1.807, 2.05) is 6.92 Å². The van der Waals surface area contributed by atoms with E-state index in [0.29, 0.717) is 6.42 Å². The molecular weight excluding hydrogens is 305 g/mol. The van der Waals surface area contributed by atoms with Crippen molar-refractivity contribution in [3.05, 3.63) is 28.0 Å². The average Bonchev–Trinajstić information content (AvgIpc) is 2.23. The number of benzene rings is 1. The first-order chi connectivity index (χ1) is 8.32. The van der Waals surface area contributed by atoms with Crippen molar-refractivity contribution in [2.45, 2.75) is 32.4 Å². The maximum atomic E-state index is 13.9. The molecule has 0 amide bonds. The van der Waals surface area contributed by atoms with E-state index in [-0.39, 0.29) is 21.8 Å². The number of anilines is 1. The molecular formula is C12H15BrFNO3. The van der Waals surface area contributed by atoms with Crippen LogP contribution in [0.25, 0.3) is 0 Å². The van der Waals surface area contributed by atoms with E-state index in [0.717, 1.165) is 0 Å². The van der Waals surface area contributed by atoms with Crippen LogP contribution in [0.4, 0.5) is 10.1 Å². The Hall–Kier alpha value is -1.14. The number of halogens is 2. The zero-order valence-electron chi connectivity index (χ0n) is 10.1. The van der Waals surface area contributed by atoms with Gasteiger partial charge in [-0.05, 0) is 48.3 Å². The standard InChI is InChI=1S/C12H15BrFNO3/c1-6(5-7(2)16)15-9-4-3-8(12(17)18)10(13)11(9)14/h3-4,6-7,15-16H,5H2,1-2H3,(H,17,18). The van der Waals surface area contributed by atoms with E-state index in [2.05, 4.69) is 21.2 Å². The van der Waals surface area contributed by atoms with Gasteiger partial charge in [-0.3, -0.25) is 0 Å². The second kappa shape index (κ2) is 6.15. The maximum Gasteiger partial charge on any atom is 0.336 e. The molecule has 18 heavy (non-hydrogen) atoms. The summed E-state index contributed by atoms with van der Waals surface area (Å²) >= 11 is 2.93. The number of aliphatic hydroxyl groups excluding tert-OH is 1. The highest BCUT2D eigenvalue weighted by Gasteiger charge is 2.17. The van der Waals surface area contributed by atoms with E-state index in [1.54, 1.807) is 6.92 Å². The summed E-state index contributed by atoms with van der Waals surface area (Å²) in [6.45, 7) is 3.46. The molecule has 0 radical (unpaired) electrons. The second-order valence-electron chi connectivity index (χ2n) is 4.22. The normalized spacial score (nSPS) is 14.1. The van der Waals surface area contributed by atoms with Crippen molar-refractivity contribution >= 4 is 27.6 Å². The molecule has 0 saturated heterocycles. The van der Waals surface area contributed by atoms with E-state index in [4.69, 9.17) is 5.11 Å². The molecule has 0 spiro atoms. The predicted octanol–water partition coefficient (Wildman–Crippen LogP) is 2.86. The van der Waals surface area contributed by atoms with Gasteiger partial charge in [-0.1, -0.05) is 0 Å². The monoisotopic (exact) mass is 319 g/mol. The maximum absolute atomic E-state index is 13.9. The van der Waals surface area contributed by atoms with Crippen LogP contribution in [-0.4, -0.2) is 28.3 Å². The number of carboxylic acid groups (broad SMARTS) is 1. The summed E-state index contributed by atoms with van der Waals surface area (Å²) in [7, 11) is 0. The molecule has 3 N–H and O–H groups in total. The van der Waals surface area contributed by atoms with E-state index in [9.17, 15) is 14.3 Å². The summed E-state index contributed by atoms with van der Waals surface area (Å²) in [6.07, 6.45) is -0.0186. The lowest BCUT2D eigenvalue weighted by Crippen LogP contribution is -2.21. The third-order valence-corrected chi connectivity index (χ3v) is 3.18. The van der Waals surface area contributed by atoms with Crippen LogP contribution in [0, 0.1) is 5.82 Å². The molecule has 2 unspecified atom stereocenters. The summed E-state index contributed by atoms with van der Waals surface area (Å²) in [5, 5.41) is 20.9. The SMILES string of the molecule is CC(O)CC(C)Nc1ccc(C(=O)O)c(Br)c1F. The fraction of sp³-hybridized carbons (Fsp3) is 0.417. The third-order valence-electron chi connectivity index (χ3n) is 2.41. The Morgan fingerprint density at radius 3 is 2.61 bits per heavy atom. The molecule has 6 heteroatoms. The number of aliphatic hydroxyl groups is 1. The van der Waals surface area contributed by atoms with Gasteiger partial charge < -0.3 is 15.5 Å². The number of aromatic carboxylic acids is 1. The largest absolute Gasteiger partial charge is 0.478 e. The number of carboxylic acids is 1. The van der Waals surface area contributed by atoms with Gasteiger partial charge in [0.2, 0.25) is 0 Å². The summed E-state index contributed by atoms with van der Waals surface area (Å²) in [5.41, 5.74) is 0.0845. The highest BCUT2D eigenvalue weighted by Crippen LogP contribution is 2.27. The van der Waals surface area contributed by atoms with Gasteiger partial charge in [-0.25, -0.2) is 9.18 Å². The molecule has 100 valence electrons. The van der Waals surface area contributed by atoms with Crippen molar-refractivity contribution in [1.82, 2.24) is 0 Å². The fourth-order valence-corrected chi connectivity index (χ4v) is 2.18. The first-order valence-electron chi connectivity index (χ1n) is 5.48. The molecule has 0 aliphatic heterocycles. The van der Waals surface area contributed by atoms with Crippen molar-refractivity contribution in [3.63, 3.8) is 0 Å². The first kappa shape index (κ1) is 14.9. The summed E-state index contributed by atoms with van der Waals surface area (Å²) < 4.78 is 13.8. The van der Waals surface area contributed by atoms with Crippen LogP contribution in [0.2, 0.25) is 0 Å². The van der Waals surface area contributed by atoms with Crippen molar-refractivity contribution in [3.8, 4) is 0 Å². The van der Waals surface area contributed by atoms with Crippen LogP contribution in [0.3, 0.4) is 0 Å². The molecule has 0 bridgehead atoms. The van der Waals surface area contributed by atoms with Gasteiger partial charge in [0, 0.05) is 6.04 Å². The van der Waals surface area contributed by atoms with Crippen LogP contribution < -0.4 is 5.32 Å². The van der Waals surface area contributed by atoms with Gasteiger partial charge in [0.05, 0.1) is 21.8 Å². The quantitative estimate of drug-likeness (QED) is 0.780. The lowest BCUT2D eigenvalue weighted by atomic mass is 10.1. The minimum atomic E-state index is -1.19. The number of carbonyl (C=O) groups is 1. The van der Waals surface area contributed by atoms with Gasteiger partial charge in [0.1, 0.15) is 0 Å². The lowest BCUT2D eigenvalue weighted by molar-refractivity contribution is 0.0695. The van der Waals surface area contributed by atoms with Crippen molar-refractivity contribution in [2.75, 3.05) is 5.32 Å². The minimum Gasteiger partial charge on any atom is -0.478 e. The Kier molecular flexibility index (Phi) is 5.10. The van der Waals surface area contributed by atoms with Gasteiger partial charge in [0.25, 0.3) is 0 Å². The van der Waals surface area contributed by atoms with Crippen LogP contribution in [0.5, 0.6) is 0 Å². The van der Waals surface area contributed by atoms with Crippen molar-refractivity contribution in [1.29, 1.82) is 0 Å². The number of hydrogen-bond acceptors (Lipinski definition) is 3. The van der Waals surface area contributed by atoms with E-state index >= 15 is 0 Å². The average molecular weight is 320 g/mol. The van der Waals surface area contributed by atoms with Crippen LogP contribution in [0.15, 0.2) is 16.6 Å². The molecule has 2 atom stereocenters. The number of nitrogens with one attached hydrogen (secondary N) is 1. The Labute approximate surface area is 113 Å². The topological polar surface area (TPSA) is 69.6 Å². The molecule has 0 aromatic heterocycles. The third kappa shape index (κ3) is 3.68. The molecule has 0 aliphatic rings. The van der Waals surface area contributed by atoms with Gasteiger partial charge in [-0.2, -0.15) is 0 Å². The van der Waals surface area contributed by atoms with Crippen LogP contribution in [0.1, 0.15) is 30.6 Å². The minimum absolute atomic E-state index is 0.0794. The highest BCUT2D eigenvalue weighted by molar-refractivity contribution is 9.10. The predicted molar refractivity (Wildman–Crippen MR) is 70.4 cm³/mol. The zero-order chi connectivity index (χ0) is 13.9. The second-order valence-corrected chi connectivity index (χ2v) is 5.02. The molecule has 0 heterocycles. The summed E-state index contributed by atoms with van der Waals surface area (Å²) in [5.74, 6) is -1.84. The van der Waals surface area contributed by atoms with Crippen LogP contribution >= 0.6 is 15.9 Å². The van der Waals surface area contributed by atoms with Gasteiger partial charge in [0.15, 0.2) is 5.82 Å². The highest BCUT2D eigenvalue weighted by atomic mass is 79.9. The Balaban J connectivity index is 2.92. The Morgan fingerprint density at radius 2 is 2.11 bits per heavy atom. The molecule has 0 saturated carbocycles. The zero-order valence-corrected chi connectivity index (χ0v) is 11.7.